The Morgan fingerprint density at radius 1 is 1.34 bits per heavy atom. The first-order valence-electron chi connectivity index (χ1n) is 22.1. The molecule has 0 aliphatic carbocycles. The molecular formula is C26H237N5O6S. The maximum atomic E-state index is 13.1. The van der Waals surface area contributed by atoms with E-state index in [1.54, 1.807) is 27.0 Å². The average molecular weight is 768 g/mol. The third kappa shape index (κ3) is 6.35. The number of hydrogen-bond acceptors (Lipinski definition) is 8. The van der Waals surface area contributed by atoms with E-state index in [0.717, 1.165) is 4.88 Å². The molecule has 1 amide bonds. The molecule has 0 fully saturated rings. The molecular weight excluding hydrogens is 510 g/mol. The molecule has 1 aliphatic rings. The standard InChI is InChI=1S/C26H37N5O6S.100H2/c1-11(2)15-9-18(23(34)29-21(25(36)37)13(4)8-19(32)33)38-17(15)7-12(3)16-10-28-22-20(14(16)5)24(35)31-26(27-6)30-22;;;;;;;;;;;;;;;;;;;;;;;;;;;;;;;;;;;;;;;;;;;;;;;;;;;;;;;;;;;;;;;;;;;;;;;;;;;;;;;;;;;;;;;;;;;;;;;;;;;;/h9,11-14,16,21H,7-8,10H2,1-6H3,(H,29,34)(H,32,33)(H,36,37)(H3,27,28,30,31,35);100*1H/t12?,13?,14?,16-,21-;;;;;;;;;;;;;;;;;;;;;;;;;;;;;;;;;;;;;;;;;;;;;;;;;;;;;;;;;;;;;;;;;;;;;;;;;;;;;;;;;;;;;;;;;;;;;;;;;;;;/m0..................................................................................................../s1/i11D;9*1+1D;;;;;;;;;;;;;;;;;;;;;;;;;;;;;;;;;;;;;;;;;;;;;;;;;;;;;;;;;;;;;;;;;;;;;;;;;;;;;;;;;;;;;;;;;;;. The number of carboxylic acid groups (broad SMARTS) is 2. The van der Waals surface area contributed by atoms with E-state index < -0.39 is 42.1 Å². The van der Waals surface area contributed by atoms with Gasteiger partial charge in [-0.1, -0.05) is 34.6 Å². The Morgan fingerprint density at radius 2 is 2.03 bits per heavy atom. The number of amides is 1. The summed E-state index contributed by atoms with van der Waals surface area (Å²) in [5.74, 6) is -3.89. The van der Waals surface area contributed by atoms with Crippen LogP contribution in [0, 0.1) is 17.8 Å². The van der Waals surface area contributed by atoms with E-state index in [-0.39, 0.29) is 158 Å². The van der Waals surface area contributed by atoms with Gasteiger partial charge in [0.05, 0.1) is 16.9 Å². The first-order chi connectivity index (χ1) is 27.1. The molecule has 3 unspecified atom stereocenters. The normalized spacial score (nSPS) is 21.7. The minimum absolute atomic E-state index is 0. The Hall–Kier alpha value is -3.41. The number of aromatic amines is 1. The van der Waals surface area contributed by atoms with Crippen molar-refractivity contribution in [2.45, 2.75) is 65.3 Å². The van der Waals surface area contributed by atoms with Crippen LogP contribution >= 0.6 is 11.3 Å². The maximum Gasteiger partial charge on any atom is 0.326 e. The van der Waals surface area contributed by atoms with E-state index in [2.05, 4.69) is 32.8 Å². The smallest absolute Gasteiger partial charge is 0.326 e. The predicted octanol–water partition coefficient (Wildman–Crippen LogP) is 27.9. The Labute approximate surface area is 389 Å². The van der Waals surface area contributed by atoms with Crippen LogP contribution in [0.25, 0.3) is 0 Å². The van der Waals surface area contributed by atoms with Gasteiger partial charge in [-0.05, 0) is 47.6 Å². The van der Waals surface area contributed by atoms with Crippen molar-refractivity contribution >= 4 is 40.9 Å². The monoisotopic (exact) mass is 768 g/mol. The lowest BCUT2D eigenvalue weighted by Gasteiger charge is -2.35. The number of aromatic nitrogens is 2. The molecule has 12 heteroatoms. The minimum atomic E-state index is -1.37. The molecule has 2 aromatic heterocycles. The van der Waals surface area contributed by atoms with Crippen molar-refractivity contribution in [3.63, 3.8) is 0 Å². The van der Waals surface area contributed by atoms with Gasteiger partial charge in [-0.2, -0.15) is 4.98 Å². The van der Waals surface area contributed by atoms with Crippen LogP contribution in [-0.2, 0) is 16.0 Å². The molecule has 5 atom stereocenters. The highest BCUT2D eigenvalue weighted by Gasteiger charge is 2.34. The zero-order valence-corrected chi connectivity index (χ0v) is 23.3. The second kappa shape index (κ2) is 12.0. The molecule has 0 saturated carbocycles. The fraction of sp³-hybridized carbons (Fsp3) is 0.577. The van der Waals surface area contributed by atoms with Crippen LogP contribution in [0.15, 0.2) is 10.9 Å². The van der Waals surface area contributed by atoms with E-state index in [0.29, 0.717) is 35.9 Å². The topological polar surface area (TPSA) is 174 Å². The zero-order valence-electron chi connectivity index (χ0n) is 41.5. The van der Waals surface area contributed by atoms with E-state index in [9.17, 15) is 24.3 Å². The minimum Gasteiger partial charge on any atom is -0.481 e. The van der Waals surface area contributed by atoms with Gasteiger partial charge in [0, 0.05) is 176 Å². The van der Waals surface area contributed by atoms with Crippen molar-refractivity contribution < 1.29 is 183 Å². The first-order valence-corrected chi connectivity index (χ1v) is 13.4. The van der Waals surface area contributed by atoms with Gasteiger partial charge in [-0.15, -0.1) is 11.3 Å². The molecule has 0 saturated heterocycles. The molecule has 1 aliphatic heterocycles. The van der Waals surface area contributed by atoms with Crippen LogP contribution in [-0.4, -0.2) is 57.7 Å². The van der Waals surface area contributed by atoms with E-state index >= 15 is 0 Å². The van der Waals surface area contributed by atoms with Gasteiger partial charge in [0.2, 0.25) is 5.95 Å². The number of fused-ring (bicyclic) bond motifs is 1. The summed E-state index contributed by atoms with van der Waals surface area (Å²) in [6, 6.07) is 0.261. The summed E-state index contributed by atoms with van der Waals surface area (Å²) in [4.78, 5) is 57.0. The summed E-state index contributed by atoms with van der Waals surface area (Å²) in [7, 11) is 1.68. The molecule has 3 rings (SSSR count). The Bertz CT molecular complexity index is 1420. The SMILES string of the molecule is [2H]C(C)(C)c1cc(C(=O)N[C@H](C(=O)O)C(C)CC(=O)O)sc1CC(C)[C@@H]1CNc2nc(NC)[nH]c(=O)c2C1C.[2H][2H].[2H][2H].[2H][2H].[2H][2H].[2H][2H].[2H][2H].[2H][2H].[2H][2H].[2H][2H].[HH].[HH].[HH].[HH].[HH].[HH].[HH].[HH].[HH].[HH].[HH].[HH].[HH].[HH].[HH].[HH].[HH].[HH].[HH].[HH].[HH].[HH].[HH].[HH].[HH].[HH].[HH].[HH].[HH].[HH].[HH].[HH].[HH].[HH].[HH].[HH].[HH].[HH].[HH].[HH].[HH].[HH].[HH].[HH].[HH].[HH].[HH].[HH].[HH].[HH].[HH].[HH].[HH].[HH].[HH].[HH].[HH].[HH].[HH].[HH].[HH].[HH].[HH].[HH].[HH].[HH].[HH].[HH].[HH].[HH].[HH].[HH].[HH].[HH].[HH].[HH].[HH].[HH].[HH].[HH].[HH].[HH].[HH].[HH].[HH].[HH].[HH].[HH].[HH].[HH].[HH]. The summed E-state index contributed by atoms with van der Waals surface area (Å²) in [5.41, 5.74) is 1.07. The number of nitrogens with zero attached hydrogens (tertiary/aromatic N) is 1. The number of carbonyl (C=O) groups is 3. The van der Waals surface area contributed by atoms with E-state index in [1.165, 1.54) is 18.3 Å². The molecule has 38 heavy (non-hydrogen) atoms. The predicted molar refractivity (Wildman–Crippen MR) is 358 cm³/mol. The quantitative estimate of drug-likeness (QED) is 0.130. The van der Waals surface area contributed by atoms with Crippen LogP contribution < -0.4 is 21.5 Å². The number of hydrogen-bond donors (Lipinski definition) is 6. The molecule has 0 bridgehead atoms. The number of carbonyl (C=O) groups excluding carboxylic acids is 1. The van der Waals surface area contributed by atoms with Gasteiger partial charge < -0.3 is 26.2 Å². The van der Waals surface area contributed by atoms with Gasteiger partial charge in [-0.25, -0.2) is 4.79 Å². The summed E-state index contributed by atoms with van der Waals surface area (Å²) in [5, 5.41) is 27.2. The van der Waals surface area contributed by atoms with Crippen LogP contribution in [0.1, 0.15) is 236 Å². The number of rotatable bonds is 11. The number of aliphatic carboxylic acids is 2. The summed E-state index contributed by atoms with van der Waals surface area (Å²) < 4.78 is 98.7. The number of nitrogens with one attached hydrogen (secondary N) is 4. The summed E-state index contributed by atoms with van der Waals surface area (Å²) in [6.07, 6.45) is 0.153. The number of H-pyrrole nitrogens is 1. The summed E-state index contributed by atoms with van der Waals surface area (Å²) >= 11 is 1.21. The highest BCUT2D eigenvalue weighted by molar-refractivity contribution is 7.14. The Kier molecular flexibility index (Phi) is 5.66. The van der Waals surface area contributed by atoms with Gasteiger partial charge in [0.1, 0.15) is 11.9 Å². The van der Waals surface area contributed by atoms with Crippen molar-refractivity contribution in [3.05, 3.63) is 37.3 Å². The lowest BCUT2D eigenvalue weighted by atomic mass is 9.76. The molecule has 0 spiro atoms. The van der Waals surface area contributed by atoms with E-state index in [4.69, 9.17) is 33.2 Å². The van der Waals surface area contributed by atoms with Crippen molar-refractivity contribution in [1.82, 2.24) is 15.3 Å². The van der Waals surface area contributed by atoms with Crippen LogP contribution in [0.5, 0.6) is 0 Å². The van der Waals surface area contributed by atoms with Crippen LogP contribution in [0.3, 0.4) is 0 Å². The fourth-order valence-corrected chi connectivity index (χ4v) is 6.38. The van der Waals surface area contributed by atoms with Crippen molar-refractivity contribution in [2.75, 3.05) is 24.2 Å². The Morgan fingerprint density at radius 3 is 2.61 bits per heavy atom. The van der Waals surface area contributed by atoms with Crippen LogP contribution in [0.4, 0.5) is 11.8 Å². The van der Waals surface area contributed by atoms with Gasteiger partial charge >= 0.3 is 11.9 Å². The average Bonchev–Trinajstić information content (AvgIpc) is 3.68. The lowest BCUT2D eigenvalue weighted by Crippen LogP contribution is -2.45. The molecule has 408 valence electrons. The molecule has 2 aromatic rings. The van der Waals surface area contributed by atoms with Crippen molar-refractivity contribution in [2.24, 2.45) is 17.8 Å². The number of thiophene rings is 1. The first kappa shape index (κ1) is 18.0. The van der Waals surface area contributed by atoms with Crippen molar-refractivity contribution in [1.29, 1.82) is 0 Å². The van der Waals surface area contributed by atoms with Crippen LogP contribution in [0.2, 0.25) is 0 Å². The van der Waals surface area contributed by atoms with Crippen molar-refractivity contribution in [3.8, 4) is 0 Å². The molecule has 0 aromatic carbocycles. The van der Waals surface area contributed by atoms with Gasteiger partial charge in [0.25, 0.3) is 11.5 Å². The highest BCUT2D eigenvalue weighted by Crippen LogP contribution is 2.39. The maximum absolute atomic E-state index is 13.1. The second-order valence-electron chi connectivity index (χ2n) is 10.3. The number of anilines is 2. The lowest BCUT2D eigenvalue weighted by molar-refractivity contribution is -0.142. The third-order valence-electron chi connectivity index (χ3n) is 7.22. The second-order valence-corrected chi connectivity index (χ2v) is 11.4. The van der Waals surface area contributed by atoms with Gasteiger partial charge in [0.15, 0.2) is 0 Å². The van der Waals surface area contributed by atoms with E-state index in [1.807, 2.05) is 6.92 Å². The van der Waals surface area contributed by atoms with Gasteiger partial charge in [-0.3, -0.25) is 19.4 Å². The third-order valence-corrected chi connectivity index (χ3v) is 8.38. The molecule has 3 heterocycles. The summed E-state index contributed by atoms with van der Waals surface area (Å²) in [6.45, 7) is 9.60. The molecule has 0 radical (unpaired) electrons. The highest BCUT2D eigenvalue weighted by atomic mass is 32.1. The molecule has 11 nitrogen and oxygen atoms in total. The zero-order chi connectivity index (χ0) is 47.2. The largest absolute Gasteiger partial charge is 0.481 e. The fourth-order valence-electron chi connectivity index (χ4n) is 5.07. The molecule has 6 N–H and O–H groups in total. The Balaban J connectivity index is -0.00000000228. The number of carboxylic acids is 2.